The molecule has 4 amide bonds. The SMILES string of the molecule is C#CCC(=O)N(CCC)NC(=O)CC=CCN1C(=O)c2ccccc2C1=O. The smallest absolute Gasteiger partial charge is 0.261 e. The molecule has 1 N–H and O–H groups in total. The number of terminal acetylenes is 1. The molecule has 0 atom stereocenters. The van der Waals surface area contributed by atoms with E-state index in [4.69, 9.17) is 6.42 Å². The van der Waals surface area contributed by atoms with Gasteiger partial charge in [-0.15, -0.1) is 6.42 Å². The molecule has 7 heteroatoms. The maximum Gasteiger partial charge on any atom is 0.261 e. The number of fused-ring (bicyclic) bond motifs is 1. The summed E-state index contributed by atoms with van der Waals surface area (Å²) in [5, 5.41) is 1.21. The van der Waals surface area contributed by atoms with Crippen LogP contribution in [0.3, 0.4) is 0 Å². The summed E-state index contributed by atoms with van der Waals surface area (Å²) in [6.45, 7) is 2.32. The van der Waals surface area contributed by atoms with Crippen molar-refractivity contribution in [3.63, 3.8) is 0 Å². The van der Waals surface area contributed by atoms with Crippen LogP contribution in [0.1, 0.15) is 46.9 Å². The minimum absolute atomic E-state index is 0.00666. The number of nitrogens with zero attached hydrogens (tertiary/aromatic N) is 2. The molecular weight excluding hydrogens is 346 g/mol. The highest BCUT2D eigenvalue weighted by Crippen LogP contribution is 2.21. The number of benzene rings is 1. The number of hydrogen-bond donors (Lipinski definition) is 1. The summed E-state index contributed by atoms with van der Waals surface area (Å²) in [6, 6.07) is 6.64. The molecule has 27 heavy (non-hydrogen) atoms. The minimum Gasteiger partial charge on any atom is -0.273 e. The Balaban J connectivity index is 1.86. The van der Waals surface area contributed by atoms with Crippen molar-refractivity contribution in [2.24, 2.45) is 0 Å². The summed E-state index contributed by atoms with van der Waals surface area (Å²) in [7, 11) is 0. The lowest BCUT2D eigenvalue weighted by Gasteiger charge is -2.21. The van der Waals surface area contributed by atoms with Crippen molar-refractivity contribution in [2.45, 2.75) is 26.2 Å². The number of carbonyl (C=O) groups excluding carboxylic acids is 4. The number of imide groups is 1. The number of carbonyl (C=O) groups is 4. The van der Waals surface area contributed by atoms with Crippen LogP contribution in [0.2, 0.25) is 0 Å². The van der Waals surface area contributed by atoms with Gasteiger partial charge in [0.25, 0.3) is 17.7 Å². The Kier molecular flexibility index (Phi) is 6.89. The topological polar surface area (TPSA) is 86.8 Å². The zero-order valence-corrected chi connectivity index (χ0v) is 15.1. The van der Waals surface area contributed by atoms with Gasteiger partial charge in [-0.05, 0) is 18.6 Å². The number of rotatable bonds is 7. The van der Waals surface area contributed by atoms with Gasteiger partial charge in [-0.25, -0.2) is 0 Å². The summed E-state index contributed by atoms with van der Waals surface area (Å²) in [6.07, 6.45) is 8.85. The minimum atomic E-state index is -0.382. The number of amides is 4. The standard InChI is InChI=1S/C20H21N3O4/c1-3-9-18(25)23(13-4-2)21-17(24)12-7-8-14-22-19(26)15-10-5-6-11-16(15)20(22)27/h1,5-8,10-11H,4,9,12-14H2,2H3,(H,21,24). The Morgan fingerprint density at radius 2 is 1.81 bits per heavy atom. The van der Waals surface area contributed by atoms with E-state index in [0.29, 0.717) is 24.1 Å². The molecule has 1 heterocycles. The summed E-state index contributed by atoms with van der Waals surface area (Å²) in [5.41, 5.74) is 3.28. The van der Waals surface area contributed by atoms with E-state index in [9.17, 15) is 19.2 Å². The second kappa shape index (κ2) is 9.34. The van der Waals surface area contributed by atoms with Crippen LogP contribution in [0.25, 0.3) is 0 Å². The van der Waals surface area contributed by atoms with Crippen LogP contribution >= 0.6 is 0 Å². The van der Waals surface area contributed by atoms with Crippen molar-refractivity contribution in [1.29, 1.82) is 0 Å². The molecule has 1 aromatic carbocycles. The first-order chi connectivity index (χ1) is 13.0. The molecule has 1 aliphatic rings. The molecule has 7 nitrogen and oxygen atoms in total. The molecule has 0 saturated carbocycles. The predicted molar refractivity (Wildman–Crippen MR) is 99.2 cm³/mol. The average molecular weight is 367 g/mol. The van der Waals surface area contributed by atoms with Gasteiger partial charge in [0.2, 0.25) is 5.91 Å². The first-order valence-corrected chi connectivity index (χ1v) is 8.63. The highest BCUT2D eigenvalue weighted by molar-refractivity contribution is 6.21. The molecule has 0 bridgehead atoms. The van der Waals surface area contributed by atoms with Gasteiger partial charge in [0.1, 0.15) is 0 Å². The van der Waals surface area contributed by atoms with E-state index in [1.807, 2.05) is 6.92 Å². The van der Waals surface area contributed by atoms with Crippen molar-refractivity contribution < 1.29 is 19.2 Å². The summed E-state index contributed by atoms with van der Waals surface area (Å²) in [4.78, 5) is 49.4. The van der Waals surface area contributed by atoms with E-state index in [1.165, 1.54) is 5.01 Å². The molecule has 0 saturated heterocycles. The zero-order valence-electron chi connectivity index (χ0n) is 15.1. The van der Waals surface area contributed by atoms with E-state index < -0.39 is 0 Å². The Hall–Kier alpha value is -3.40. The van der Waals surface area contributed by atoms with Crippen LogP contribution in [0.15, 0.2) is 36.4 Å². The number of hydrogen-bond acceptors (Lipinski definition) is 4. The summed E-state index contributed by atoms with van der Waals surface area (Å²) in [5.74, 6) is 0.830. The molecule has 0 unspecified atom stereocenters. The zero-order chi connectivity index (χ0) is 19.8. The molecule has 1 aliphatic heterocycles. The molecule has 2 rings (SSSR count). The normalized spacial score (nSPS) is 12.8. The number of hydrazine groups is 1. The van der Waals surface area contributed by atoms with Crippen LogP contribution in [0.5, 0.6) is 0 Å². The van der Waals surface area contributed by atoms with Crippen molar-refractivity contribution in [2.75, 3.05) is 13.1 Å². The van der Waals surface area contributed by atoms with Gasteiger partial charge in [0.15, 0.2) is 0 Å². The van der Waals surface area contributed by atoms with Gasteiger partial charge in [-0.2, -0.15) is 0 Å². The van der Waals surface area contributed by atoms with Gasteiger partial charge in [0.05, 0.1) is 17.5 Å². The summed E-state index contributed by atoms with van der Waals surface area (Å²) < 4.78 is 0. The van der Waals surface area contributed by atoms with Crippen molar-refractivity contribution in [1.82, 2.24) is 15.3 Å². The highest BCUT2D eigenvalue weighted by atomic mass is 16.2. The monoisotopic (exact) mass is 367 g/mol. The van der Waals surface area contributed by atoms with E-state index in [-0.39, 0.29) is 43.0 Å². The quantitative estimate of drug-likeness (QED) is 0.343. The second-order valence-electron chi connectivity index (χ2n) is 5.90. The predicted octanol–water partition coefficient (Wildman–Crippen LogP) is 1.52. The van der Waals surface area contributed by atoms with E-state index in [2.05, 4.69) is 11.3 Å². The van der Waals surface area contributed by atoms with Gasteiger partial charge in [-0.3, -0.25) is 34.5 Å². The first-order valence-electron chi connectivity index (χ1n) is 8.63. The third kappa shape index (κ3) is 4.82. The van der Waals surface area contributed by atoms with Crippen LogP contribution < -0.4 is 5.43 Å². The van der Waals surface area contributed by atoms with Crippen LogP contribution in [-0.4, -0.2) is 46.6 Å². The fourth-order valence-corrected chi connectivity index (χ4v) is 2.62. The molecule has 0 radical (unpaired) electrons. The van der Waals surface area contributed by atoms with E-state index in [1.54, 1.807) is 36.4 Å². The Bertz CT molecular complexity index is 788. The van der Waals surface area contributed by atoms with Crippen molar-refractivity contribution in [3.05, 3.63) is 47.5 Å². The maximum atomic E-state index is 12.2. The molecule has 0 aromatic heterocycles. The van der Waals surface area contributed by atoms with Gasteiger partial charge < -0.3 is 0 Å². The van der Waals surface area contributed by atoms with Crippen LogP contribution in [-0.2, 0) is 9.59 Å². The van der Waals surface area contributed by atoms with Gasteiger partial charge in [0, 0.05) is 19.5 Å². The third-order valence-corrected chi connectivity index (χ3v) is 3.90. The second-order valence-corrected chi connectivity index (χ2v) is 5.90. The Morgan fingerprint density at radius 3 is 2.37 bits per heavy atom. The van der Waals surface area contributed by atoms with Crippen molar-refractivity contribution >= 4 is 23.6 Å². The fraction of sp³-hybridized carbons (Fsp3) is 0.300. The van der Waals surface area contributed by atoms with Crippen molar-refractivity contribution in [3.8, 4) is 12.3 Å². The highest BCUT2D eigenvalue weighted by Gasteiger charge is 2.34. The van der Waals surface area contributed by atoms with Gasteiger partial charge in [-0.1, -0.05) is 37.1 Å². The lowest BCUT2D eigenvalue weighted by Crippen LogP contribution is -2.46. The number of nitrogens with one attached hydrogen (secondary N) is 1. The van der Waals surface area contributed by atoms with Gasteiger partial charge >= 0.3 is 0 Å². The largest absolute Gasteiger partial charge is 0.273 e. The van der Waals surface area contributed by atoms with Crippen LogP contribution in [0, 0.1) is 12.3 Å². The lowest BCUT2D eigenvalue weighted by atomic mass is 10.1. The average Bonchev–Trinajstić information content (AvgIpc) is 2.90. The third-order valence-electron chi connectivity index (χ3n) is 3.90. The molecule has 140 valence electrons. The Labute approximate surface area is 158 Å². The fourth-order valence-electron chi connectivity index (χ4n) is 2.62. The molecular formula is C20H21N3O4. The molecule has 0 fully saturated rings. The summed E-state index contributed by atoms with van der Waals surface area (Å²) >= 11 is 0. The lowest BCUT2D eigenvalue weighted by molar-refractivity contribution is -0.140. The maximum absolute atomic E-state index is 12.2. The first kappa shape index (κ1) is 19.9. The molecule has 0 aliphatic carbocycles. The molecule has 1 aromatic rings. The van der Waals surface area contributed by atoms with Crippen LogP contribution in [0.4, 0.5) is 0 Å². The van der Waals surface area contributed by atoms with E-state index in [0.717, 1.165) is 4.90 Å². The Morgan fingerprint density at radius 1 is 1.19 bits per heavy atom. The molecule has 0 spiro atoms. The van der Waals surface area contributed by atoms with E-state index >= 15 is 0 Å².